The van der Waals surface area contributed by atoms with Crippen LogP contribution in [0.25, 0.3) is 0 Å². The summed E-state index contributed by atoms with van der Waals surface area (Å²) in [6, 6.07) is 5.75. The monoisotopic (exact) mass is 401 g/mol. The van der Waals surface area contributed by atoms with Gasteiger partial charge in [-0.1, -0.05) is 0 Å². The molecule has 0 spiro atoms. The third-order valence-electron chi connectivity index (χ3n) is 3.64. The van der Waals surface area contributed by atoms with Crippen molar-refractivity contribution in [2.75, 3.05) is 11.8 Å². The Morgan fingerprint density at radius 1 is 1.13 bits per heavy atom. The van der Waals surface area contributed by atoms with Crippen LogP contribution in [-0.4, -0.2) is 15.5 Å². The number of nitrogens with one attached hydrogen (secondary N) is 1. The van der Waals surface area contributed by atoms with Gasteiger partial charge in [0, 0.05) is 0 Å². The first-order valence-corrected chi connectivity index (χ1v) is 9.07. The number of aryl methyl sites for hydroxylation is 1. The molecule has 0 radical (unpaired) electrons. The van der Waals surface area contributed by atoms with Gasteiger partial charge < -0.3 is 4.74 Å². The largest absolute Gasteiger partial charge is 0.496 e. The first kappa shape index (κ1) is 17.7. The predicted molar refractivity (Wildman–Crippen MR) is 92.1 cm³/mol. The molecule has 0 heterocycles. The molecule has 2 rings (SSSR count). The molecule has 0 atom stereocenters. The Kier molecular flexibility index (Phi) is 5.01. The van der Waals surface area contributed by atoms with Crippen LogP contribution in [-0.2, 0) is 10.0 Å². The highest BCUT2D eigenvalue weighted by atomic mass is 79.9. The minimum Gasteiger partial charge on any atom is -0.496 e. The van der Waals surface area contributed by atoms with Gasteiger partial charge >= 0.3 is 0 Å². The Balaban J connectivity index is 2.52. The number of anilines is 1. The van der Waals surface area contributed by atoms with Crippen LogP contribution in [0.2, 0.25) is 0 Å². The first-order valence-electron chi connectivity index (χ1n) is 6.80. The Morgan fingerprint density at radius 3 is 2.35 bits per heavy atom. The third-order valence-corrected chi connectivity index (χ3v) is 5.95. The minimum absolute atomic E-state index is 0.165. The SMILES string of the molecule is COc1cc(C)c(S(=O)(=O)Nc2ccc(Br)c(F)c2)c(C)c1C. The summed E-state index contributed by atoms with van der Waals surface area (Å²) in [5, 5.41) is 0. The van der Waals surface area contributed by atoms with E-state index in [0.29, 0.717) is 16.9 Å². The van der Waals surface area contributed by atoms with Crippen molar-refractivity contribution in [3.05, 3.63) is 51.2 Å². The summed E-state index contributed by atoms with van der Waals surface area (Å²) in [4.78, 5) is 0.180. The number of halogens is 2. The number of ether oxygens (including phenoxy) is 1. The molecule has 0 aromatic heterocycles. The molecule has 0 aliphatic rings. The van der Waals surface area contributed by atoms with Gasteiger partial charge in [0.25, 0.3) is 10.0 Å². The molecule has 2 aromatic carbocycles. The average Bonchev–Trinajstić information content (AvgIpc) is 2.46. The molecular formula is C16H17BrFNO3S. The summed E-state index contributed by atoms with van der Waals surface area (Å²) in [5.41, 5.74) is 2.08. The molecule has 0 saturated heterocycles. The van der Waals surface area contributed by atoms with Crippen LogP contribution < -0.4 is 9.46 Å². The van der Waals surface area contributed by atoms with Crippen molar-refractivity contribution in [2.45, 2.75) is 25.7 Å². The second-order valence-electron chi connectivity index (χ2n) is 5.21. The molecular weight excluding hydrogens is 385 g/mol. The zero-order chi connectivity index (χ0) is 17.4. The highest BCUT2D eigenvalue weighted by Gasteiger charge is 2.23. The van der Waals surface area contributed by atoms with Crippen molar-refractivity contribution < 1.29 is 17.5 Å². The van der Waals surface area contributed by atoms with Gasteiger partial charge in [-0.3, -0.25) is 4.72 Å². The molecule has 0 bridgehead atoms. The van der Waals surface area contributed by atoms with E-state index in [4.69, 9.17) is 4.74 Å². The number of hydrogen-bond acceptors (Lipinski definition) is 3. The number of methoxy groups -OCH3 is 1. The fraction of sp³-hybridized carbons (Fsp3) is 0.250. The summed E-state index contributed by atoms with van der Waals surface area (Å²) < 4.78 is 46.9. The van der Waals surface area contributed by atoms with E-state index in [2.05, 4.69) is 20.7 Å². The van der Waals surface area contributed by atoms with E-state index in [9.17, 15) is 12.8 Å². The van der Waals surface area contributed by atoms with E-state index in [0.717, 1.165) is 11.6 Å². The van der Waals surface area contributed by atoms with Gasteiger partial charge in [-0.15, -0.1) is 0 Å². The Bertz CT molecular complexity index is 866. The summed E-state index contributed by atoms with van der Waals surface area (Å²) in [6.07, 6.45) is 0. The number of hydrogen-bond donors (Lipinski definition) is 1. The first-order chi connectivity index (χ1) is 10.7. The van der Waals surface area contributed by atoms with Gasteiger partial charge in [-0.05, 0) is 77.7 Å². The maximum atomic E-state index is 13.6. The Morgan fingerprint density at radius 2 is 1.78 bits per heavy atom. The molecule has 0 saturated carbocycles. The van der Waals surface area contributed by atoms with Gasteiger partial charge in [0.05, 0.1) is 22.2 Å². The maximum Gasteiger partial charge on any atom is 0.262 e. The molecule has 124 valence electrons. The van der Waals surface area contributed by atoms with E-state index < -0.39 is 15.8 Å². The van der Waals surface area contributed by atoms with Crippen LogP contribution in [0.3, 0.4) is 0 Å². The fourth-order valence-electron chi connectivity index (χ4n) is 2.41. The van der Waals surface area contributed by atoms with Gasteiger partial charge in [-0.2, -0.15) is 0 Å². The van der Waals surface area contributed by atoms with Gasteiger partial charge in [0.1, 0.15) is 11.6 Å². The molecule has 0 aliphatic heterocycles. The summed E-state index contributed by atoms with van der Waals surface area (Å²) in [7, 11) is -2.30. The smallest absolute Gasteiger partial charge is 0.262 e. The second-order valence-corrected chi connectivity index (χ2v) is 7.68. The van der Waals surface area contributed by atoms with E-state index in [1.807, 2.05) is 0 Å². The normalized spacial score (nSPS) is 11.4. The Hall–Kier alpha value is -1.60. The number of rotatable bonds is 4. The Labute approximate surface area is 143 Å². The van der Waals surface area contributed by atoms with Crippen molar-refractivity contribution in [3.63, 3.8) is 0 Å². The highest BCUT2D eigenvalue weighted by molar-refractivity contribution is 9.10. The van der Waals surface area contributed by atoms with Crippen LogP contribution in [0.4, 0.5) is 10.1 Å². The van der Waals surface area contributed by atoms with Crippen LogP contribution in [0.1, 0.15) is 16.7 Å². The fourth-order valence-corrected chi connectivity index (χ4v) is 4.24. The zero-order valence-corrected chi connectivity index (χ0v) is 15.6. The maximum absolute atomic E-state index is 13.6. The summed E-state index contributed by atoms with van der Waals surface area (Å²) >= 11 is 3.04. The number of sulfonamides is 1. The highest BCUT2D eigenvalue weighted by Crippen LogP contribution is 2.32. The molecule has 0 unspecified atom stereocenters. The molecule has 23 heavy (non-hydrogen) atoms. The summed E-state index contributed by atoms with van der Waals surface area (Å²) in [6.45, 7) is 5.22. The molecule has 2 aromatic rings. The van der Waals surface area contributed by atoms with Crippen molar-refractivity contribution in [1.29, 1.82) is 0 Å². The van der Waals surface area contributed by atoms with Crippen LogP contribution in [0.5, 0.6) is 5.75 Å². The minimum atomic E-state index is -3.84. The lowest BCUT2D eigenvalue weighted by Crippen LogP contribution is -2.16. The lowest BCUT2D eigenvalue weighted by Gasteiger charge is -2.17. The predicted octanol–water partition coefficient (Wildman–Crippen LogP) is 4.32. The van der Waals surface area contributed by atoms with E-state index in [-0.39, 0.29) is 15.1 Å². The molecule has 7 heteroatoms. The lowest BCUT2D eigenvalue weighted by molar-refractivity contribution is 0.410. The van der Waals surface area contributed by atoms with Crippen LogP contribution in [0.15, 0.2) is 33.6 Å². The average molecular weight is 402 g/mol. The van der Waals surface area contributed by atoms with E-state index in [1.54, 1.807) is 26.8 Å². The van der Waals surface area contributed by atoms with Crippen LogP contribution in [0, 0.1) is 26.6 Å². The third kappa shape index (κ3) is 3.50. The lowest BCUT2D eigenvalue weighted by atomic mass is 10.1. The van der Waals surface area contributed by atoms with Gasteiger partial charge in [-0.25, -0.2) is 12.8 Å². The van der Waals surface area contributed by atoms with Crippen molar-refractivity contribution >= 4 is 31.6 Å². The second kappa shape index (κ2) is 6.49. The van der Waals surface area contributed by atoms with Crippen molar-refractivity contribution in [2.24, 2.45) is 0 Å². The van der Waals surface area contributed by atoms with E-state index >= 15 is 0 Å². The molecule has 4 nitrogen and oxygen atoms in total. The topological polar surface area (TPSA) is 55.4 Å². The van der Waals surface area contributed by atoms with Crippen molar-refractivity contribution in [1.82, 2.24) is 0 Å². The molecule has 1 N–H and O–H groups in total. The molecule has 0 aliphatic carbocycles. The van der Waals surface area contributed by atoms with Crippen LogP contribution >= 0.6 is 15.9 Å². The van der Waals surface area contributed by atoms with E-state index in [1.165, 1.54) is 19.2 Å². The standard InChI is InChI=1S/C16H17BrFNO3S/c1-9-7-15(22-4)10(2)11(3)16(9)23(20,21)19-12-5-6-13(17)14(18)8-12/h5-8,19H,1-4H3. The van der Waals surface area contributed by atoms with Gasteiger partial charge in [0.15, 0.2) is 0 Å². The molecule has 0 amide bonds. The molecule has 0 fully saturated rings. The number of benzene rings is 2. The van der Waals surface area contributed by atoms with Crippen molar-refractivity contribution in [3.8, 4) is 5.75 Å². The van der Waals surface area contributed by atoms with Gasteiger partial charge in [0.2, 0.25) is 0 Å². The zero-order valence-electron chi connectivity index (χ0n) is 13.2. The quantitative estimate of drug-likeness (QED) is 0.829. The summed E-state index contributed by atoms with van der Waals surface area (Å²) in [5.74, 6) is 0.0955.